The number of hydrogen-bond donors (Lipinski definition) is 0. The van der Waals surface area contributed by atoms with E-state index >= 15 is 0 Å². The first-order valence-electron chi connectivity index (χ1n) is 18.4. The second-order valence-corrected chi connectivity index (χ2v) is 15.5. The molecule has 0 bridgehead atoms. The molecule has 0 radical (unpaired) electrons. The topological polar surface area (TPSA) is 80.2 Å². The van der Waals surface area contributed by atoms with Crippen LogP contribution in [0.4, 0.5) is 0 Å². The van der Waals surface area contributed by atoms with Crippen molar-refractivity contribution < 1.29 is 9.59 Å². The molecular formula is C46H55Cl9I2Mg2N2O2. The Bertz CT molecular complexity index is 1750. The van der Waals surface area contributed by atoms with Gasteiger partial charge in [-0.25, -0.2) is 0 Å². The van der Waals surface area contributed by atoms with Crippen molar-refractivity contribution >= 4 is 204 Å². The molecule has 0 aliphatic rings. The Morgan fingerprint density at radius 1 is 0.571 bits per heavy atom. The summed E-state index contributed by atoms with van der Waals surface area (Å²) in [4.78, 5) is 21.5. The van der Waals surface area contributed by atoms with E-state index < -0.39 is 0 Å². The van der Waals surface area contributed by atoms with Crippen LogP contribution >= 0.6 is 142 Å². The van der Waals surface area contributed by atoms with E-state index in [9.17, 15) is 15.0 Å². The van der Waals surface area contributed by atoms with Crippen LogP contribution in [0.5, 0.6) is 0 Å². The number of nitrogens with zero attached hydrogens (tertiary/aromatic N) is 2. The van der Waals surface area contributed by atoms with Crippen LogP contribution in [0.1, 0.15) is 120 Å². The van der Waals surface area contributed by atoms with Gasteiger partial charge in [0.1, 0.15) is 0 Å². The molecule has 0 spiro atoms. The number of unbranched alkanes of at least 4 members (excludes halogenated alkanes) is 4. The van der Waals surface area contributed by atoms with Gasteiger partial charge in [-0.1, -0.05) is 171 Å². The smallest absolute Gasteiger partial charge is 0.807 e. The number of rotatable bonds is 12. The average Bonchev–Trinajstić information content (AvgIpc) is 3.24. The zero-order valence-corrected chi connectivity index (χ0v) is 50.7. The van der Waals surface area contributed by atoms with E-state index in [0.717, 1.165) is 50.5 Å². The van der Waals surface area contributed by atoms with Gasteiger partial charge in [0.05, 0.1) is 51.8 Å². The second-order valence-electron chi connectivity index (χ2n) is 11.8. The normalized spacial score (nSPS) is 8.68. The molecule has 4 aromatic rings. The maximum Gasteiger partial charge on any atom is 2.00 e. The van der Waals surface area contributed by atoms with Crippen LogP contribution < -0.4 is 0 Å². The van der Waals surface area contributed by atoms with Crippen LogP contribution in [0.3, 0.4) is 0 Å². The molecule has 4 rings (SSSR count). The van der Waals surface area contributed by atoms with Gasteiger partial charge in [0.15, 0.2) is 5.78 Å². The fourth-order valence-corrected chi connectivity index (χ4v) is 4.94. The van der Waals surface area contributed by atoms with Crippen LogP contribution in [0.25, 0.3) is 5.41 Å². The van der Waals surface area contributed by atoms with E-state index in [1.807, 2.05) is 25.1 Å². The summed E-state index contributed by atoms with van der Waals surface area (Å²) in [5.41, 5.74) is 2.31. The molecule has 0 heterocycles. The van der Waals surface area contributed by atoms with Gasteiger partial charge in [0, 0.05) is 55.6 Å². The van der Waals surface area contributed by atoms with Gasteiger partial charge in [-0.05, 0) is 97.1 Å². The Balaban J connectivity index is -0.000000121. The standard InChI is InChI=1S/C11H12Cl2N.C11H12Cl2O.C7H3Cl2N.C6H4Cl2.C5H9ClO.C4H9.2CH3.I2.2Mg/c2*1-2-3-4-11(14)8-5-6-9(12)10(13)7-8;8-6-2-1-5(4-10)3-7(6)9;7-5-3-1-2-4-6(5)8;1-2-3-4-5(6)7;1-3-4-2;;;1-2;;/h2*5-7H,2-4H2,1H3;1-3H;1-4H;2-4H2,1H3;1,3-4H2,2H3;2*1H3;;;/q-1;;;;;3*-1;;2*+2. The predicted octanol–water partition coefficient (Wildman–Crippen LogP) is 20.2. The molecule has 0 unspecified atom stereocenters. The first kappa shape index (κ1) is 78.2. The van der Waals surface area contributed by atoms with Crippen molar-refractivity contribution in [2.45, 2.75) is 98.3 Å². The molecule has 0 saturated carbocycles. The molecule has 0 aliphatic carbocycles. The molecule has 0 fully saturated rings. The van der Waals surface area contributed by atoms with Gasteiger partial charge in [-0.15, -0.1) is 0 Å². The van der Waals surface area contributed by atoms with Gasteiger partial charge in [-0.2, -0.15) is 17.4 Å². The Morgan fingerprint density at radius 2 is 0.921 bits per heavy atom. The maximum atomic E-state index is 11.6. The van der Waals surface area contributed by atoms with Crippen molar-refractivity contribution in [3.05, 3.63) is 163 Å². The van der Waals surface area contributed by atoms with Gasteiger partial charge < -0.3 is 27.2 Å². The summed E-state index contributed by atoms with van der Waals surface area (Å²) in [7, 11) is 0. The van der Waals surface area contributed by atoms with E-state index in [1.54, 1.807) is 60.7 Å². The molecule has 63 heavy (non-hydrogen) atoms. The van der Waals surface area contributed by atoms with Gasteiger partial charge in [0.25, 0.3) is 0 Å². The van der Waals surface area contributed by atoms with Crippen molar-refractivity contribution in [2.24, 2.45) is 0 Å². The molecule has 0 N–H and O–H groups in total. The molecular weight excluding hydrogens is 1230 g/mol. The molecule has 0 atom stereocenters. The zero-order valence-electron chi connectivity index (χ0n) is 36.8. The van der Waals surface area contributed by atoms with Crippen molar-refractivity contribution in [3.8, 4) is 6.07 Å². The number of ketones is 1. The monoisotopic (exact) mass is 1280 g/mol. The first-order valence-corrected chi connectivity index (χ1v) is 28.1. The minimum Gasteiger partial charge on any atom is -0.807 e. The van der Waals surface area contributed by atoms with Crippen LogP contribution in [0.15, 0.2) is 78.9 Å². The summed E-state index contributed by atoms with van der Waals surface area (Å²) in [6.07, 6.45) is 10.0. The SMILES string of the molecule is CCCCC(=O)Cl.CCCCC(=O)c1ccc(Cl)c(Cl)c1.CCCCC(=[N-])c1ccc(Cl)c(Cl)c1.Clc1ccccc1Cl.II.N#Cc1ccc(Cl)c(Cl)c1.[CH2-]CCC.[CH3-].[CH3-].[Mg+2].[Mg+2]. The first-order chi connectivity index (χ1) is 28.0. The summed E-state index contributed by atoms with van der Waals surface area (Å²) in [5.74, 6) is 0.130. The molecule has 0 amide bonds. The van der Waals surface area contributed by atoms with E-state index in [-0.39, 0.29) is 72.0 Å². The van der Waals surface area contributed by atoms with Crippen molar-refractivity contribution in [3.63, 3.8) is 0 Å². The van der Waals surface area contributed by atoms with Crippen molar-refractivity contribution in [1.29, 1.82) is 5.26 Å². The number of carbonyl (C=O) groups excluding carboxylic acids is 2. The molecule has 4 nitrogen and oxygen atoms in total. The van der Waals surface area contributed by atoms with Gasteiger partial charge in [0.2, 0.25) is 5.24 Å². The average molecular weight is 1290 g/mol. The third-order valence-electron chi connectivity index (χ3n) is 6.97. The second kappa shape index (κ2) is 52.4. The summed E-state index contributed by atoms with van der Waals surface area (Å²) >= 11 is 54.8. The van der Waals surface area contributed by atoms with Crippen LogP contribution in [0.2, 0.25) is 40.2 Å². The van der Waals surface area contributed by atoms with Crippen LogP contribution in [-0.2, 0) is 4.79 Å². The molecule has 17 heteroatoms. The number of benzene rings is 4. The quantitative estimate of drug-likeness (QED) is 0.0354. The van der Waals surface area contributed by atoms with Crippen molar-refractivity contribution in [1.82, 2.24) is 0 Å². The Labute approximate surface area is 480 Å². The number of Topliss-reactive ketones (excluding diaryl/α,β-unsaturated/α-hetero) is 1. The van der Waals surface area contributed by atoms with Gasteiger partial charge in [-0.3, -0.25) is 9.59 Å². The fourth-order valence-electron chi connectivity index (χ4n) is 3.64. The predicted molar refractivity (Wildman–Crippen MR) is 304 cm³/mol. The summed E-state index contributed by atoms with van der Waals surface area (Å²) < 4.78 is 0. The Kier molecular flexibility index (Phi) is 65.0. The number of halogens is 11. The minimum absolute atomic E-state index is 0. The van der Waals surface area contributed by atoms with Crippen LogP contribution in [0, 0.1) is 33.1 Å². The summed E-state index contributed by atoms with van der Waals surface area (Å²) in [6.45, 7) is 11.9. The Morgan fingerprint density at radius 3 is 1.25 bits per heavy atom. The molecule has 0 saturated heterocycles. The molecule has 4 aromatic carbocycles. The maximum absolute atomic E-state index is 11.6. The number of nitriles is 1. The summed E-state index contributed by atoms with van der Waals surface area (Å²) in [5, 5.41) is 21.9. The van der Waals surface area contributed by atoms with E-state index in [1.165, 1.54) is 12.5 Å². The van der Waals surface area contributed by atoms with E-state index in [2.05, 4.69) is 64.9 Å². The third kappa shape index (κ3) is 42.8. The molecule has 0 aromatic heterocycles. The van der Waals surface area contributed by atoms with Crippen molar-refractivity contribution in [2.75, 3.05) is 0 Å². The minimum atomic E-state index is -0.221. The number of carbonyl (C=O) groups is 2. The molecule has 0 aliphatic heterocycles. The van der Waals surface area contributed by atoms with Crippen LogP contribution in [-0.4, -0.2) is 62.8 Å². The van der Waals surface area contributed by atoms with E-state index in [0.29, 0.717) is 76.3 Å². The summed E-state index contributed by atoms with van der Waals surface area (Å²) in [6, 6.07) is 24.1. The molecule has 342 valence electrons. The van der Waals surface area contributed by atoms with Gasteiger partial charge >= 0.3 is 46.1 Å². The number of hydrogen-bond acceptors (Lipinski definition) is 3. The third-order valence-corrected chi connectivity index (χ3v) is 10.1. The Hall–Kier alpha value is 0.982. The fraction of sp³-hybridized carbons (Fsp3) is 0.326. The zero-order chi connectivity index (χ0) is 45.8. The largest absolute Gasteiger partial charge is 2.00 e. The van der Waals surface area contributed by atoms with E-state index in [4.69, 9.17) is 110 Å².